The van der Waals surface area contributed by atoms with Crippen LogP contribution < -0.4 is 16.0 Å². The third kappa shape index (κ3) is 6.60. The number of hydrogen-bond donors (Lipinski definition) is 3. The Balaban J connectivity index is 1.43. The zero-order valence-corrected chi connectivity index (χ0v) is 19.0. The van der Waals surface area contributed by atoms with Gasteiger partial charge >= 0.3 is 6.09 Å². The number of likely N-dealkylation sites (tertiary alicyclic amines) is 1. The molecule has 0 aliphatic carbocycles. The van der Waals surface area contributed by atoms with Crippen molar-refractivity contribution in [2.75, 3.05) is 38.5 Å². The number of carbonyl (C=O) groups is 2. The van der Waals surface area contributed by atoms with E-state index in [0.29, 0.717) is 32.0 Å². The van der Waals surface area contributed by atoms with Crippen LogP contribution in [0.25, 0.3) is 0 Å². The van der Waals surface area contributed by atoms with Crippen molar-refractivity contribution in [1.29, 1.82) is 0 Å². The maximum atomic E-state index is 12.2. The summed E-state index contributed by atoms with van der Waals surface area (Å²) in [4.78, 5) is 30.3. The number of ether oxygens (including phenoxy) is 1. The van der Waals surface area contributed by atoms with Crippen LogP contribution >= 0.6 is 0 Å². The van der Waals surface area contributed by atoms with Crippen LogP contribution in [0, 0.1) is 5.92 Å². The first-order valence-corrected chi connectivity index (χ1v) is 11.1. The Morgan fingerprint density at radius 1 is 1.19 bits per heavy atom. The molecule has 0 bridgehead atoms. The summed E-state index contributed by atoms with van der Waals surface area (Å²) in [5, 5.41) is 9.70. The standard InChI is InChI=1S/C23H35N5O3/c1-23(2,3)31-22(30)28-11-9-16(10-12-28)14-25-21(24-4)26-15-17-13-20(29)27-19-8-6-5-7-18(17)19/h5-8,16-17H,9-15H2,1-4H3,(H,27,29)(H2,24,25,26). The van der Waals surface area contributed by atoms with Crippen molar-refractivity contribution in [1.82, 2.24) is 15.5 Å². The topological polar surface area (TPSA) is 95.1 Å². The molecular formula is C23H35N5O3. The number of piperidine rings is 1. The number of carbonyl (C=O) groups excluding carboxylic acids is 2. The van der Waals surface area contributed by atoms with Crippen molar-refractivity contribution in [3.05, 3.63) is 29.8 Å². The lowest BCUT2D eigenvalue weighted by Gasteiger charge is -2.33. The maximum Gasteiger partial charge on any atom is 0.410 e. The van der Waals surface area contributed by atoms with Crippen molar-refractivity contribution in [3.8, 4) is 0 Å². The Bertz CT molecular complexity index is 810. The summed E-state index contributed by atoms with van der Waals surface area (Å²) < 4.78 is 5.46. The molecule has 1 fully saturated rings. The minimum Gasteiger partial charge on any atom is -0.444 e. The van der Waals surface area contributed by atoms with Crippen molar-refractivity contribution in [2.24, 2.45) is 10.9 Å². The number of rotatable bonds is 4. The lowest BCUT2D eigenvalue weighted by molar-refractivity contribution is -0.116. The molecule has 0 aromatic heterocycles. The number of guanidine groups is 1. The minimum atomic E-state index is -0.465. The molecule has 0 saturated carbocycles. The smallest absolute Gasteiger partial charge is 0.410 e. The molecule has 3 N–H and O–H groups in total. The van der Waals surface area contributed by atoms with E-state index in [2.05, 4.69) is 27.0 Å². The summed E-state index contributed by atoms with van der Waals surface area (Å²) >= 11 is 0. The summed E-state index contributed by atoms with van der Waals surface area (Å²) in [5.41, 5.74) is 1.58. The van der Waals surface area contributed by atoms with Gasteiger partial charge in [-0.3, -0.25) is 9.79 Å². The third-order valence-electron chi connectivity index (χ3n) is 5.67. The minimum absolute atomic E-state index is 0.0465. The van der Waals surface area contributed by atoms with Gasteiger partial charge in [-0.25, -0.2) is 4.79 Å². The molecule has 170 valence electrons. The van der Waals surface area contributed by atoms with Crippen LogP contribution in [0.15, 0.2) is 29.3 Å². The molecule has 0 spiro atoms. The molecule has 2 heterocycles. The first kappa shape index (κ1) is 22.9. The molecular weight excluding hydrogens is 394 g/mol. The second-order valence-corrected chi connectivity index (χ2v) is 9.28. The molecule has 31 heavy (non-hydrogen) atoms. The van der Waals surface area contributed by atoms with Gasteiger partial charge in [0.1, 0.15) is 5.60 Å². The number of nitrogens with one attached hydrogen (secondary N) is 3. The van der Waals surface area contributed by atoms with Crippen LogP contribution in [0.3, 0.4) is 0 Å². The molecule has 8 nitrogen and oxygen atoms in total. The van der Waals surface area contributed by atoms with Gasteiger partial charge < -0.3 is 25.6 Å². The van der Waals surface area contributed by atoms with Crippen LogP contribution in [0.5, 0.6) is 0 Å². The van der Waals surface area contributed by atoms with Gasteiger partial charge in [0, 0.05) is 51.3 Å². The van der Waals surface area contributed by atoms with Gasteiger partial charge in [-0.2, -0.15) is 0 Å². The molecule has 0 radical (unpaired) electrons. The van der Waals surface area contributed by atoms with Crippen molar-refractivity contribution < 1.29 is 14.3 Å². The number of aliphatic imine (C=N–C) groups is 1. The molecule has 2 amide bonds. The molecule has 2 aliphatic rings. The predicted molar refractivity (Wildman–Crippen MR) is 122 cm³/mol. The number of para-hydroxylation sites is 1. The normalized spacial score (nSPS) is 20.0. The monoisotopic (exact) mass is 429 g/mol. The molecule has 1 atom stereocenters. The Kier molecular flexibility index (Phi) is 7.41. The van der Waals surface area contributed by atoms with Crippen molar-refractivity contribution >= 4 is 23.6 Å². The Hall–Kier alpha value is -2.77. The molecule has 1 aromatic carbocycles. The molecule has 1 unspecified atom stereocenters. The van der Waals surface area contributed by atoms with E-state index in [1.54, 1.807) is 11.9 Å². The fraction of sp³-hybridized carbons (Fsp3) is 0.609. The van der Waals surface area contributed by atoms with E-state index in [0.717, 1.165) is 36.6 Å². The summed E-state index contributed by atoms with van der Waals surface area (Å²) in [6.07, 6.45) is 2.09. The fourth-order valence-electron chi connectivity index (χ4n) is 4.01. The lowest BCUT2D eigenvalue weighted by atomic mass is 9.90. The van der Waals surface area contributed by atoms with Gasteiger partial charge in [0.05, 0.1) is 0 Å². The molecule has 2 aliphatic heterocycles. The Morgan fingerprint density at radius 3 is 2.55 bits per heavy atom. The van der Waals surface area contributed by atoms with E-state index in [-0.39, 0.29) is 17.9 Å². The van der Waals surface area contributed by atoms with E-state index < -0.39 is 5.60 Å². The predicted octanol–water partition coefficient (Wildman–Crippen LogP) is 2.92. The number of amides is 2. The van der Waals surface area contributed by atoms with Crippen LogP contribution in [0.1, 0.15) is 51.5 Å². The number of anilines is 1. The number of hydrogen-bond acceptors (Lipinski definition) is 4. The highest BCUT2D eigenvalue weighted by Gasteiger charge is 2.27. The maximum absolute atomic E-state index is 12.2. The summed E-state index contributed by atoms with van der Waals surface area (Å²) in [6, 6.07) is 7.94. The molecule has 1 saturated heterocycles. The van der Waals surface area contributed by atoms with Gasteiger partial charge in [-0.1, -0.05) is 18.2 Å². The van der Waals surface area contributed by atoms with Crippen molar-refractivity contribution in [2.45, 2.75) is 51.6 Å². The van der Waals surface area contributed by atoms with Gasteiger partial charge in [-0.05, 0) is 51.2 Å². The summed E-state index contributed by atoms with van der Waals surface area (Å²) in [6.45, 7) is 8.52. The van der Waals surface area contributed by atoms with E-state index >= 15 is 0 Å². The van der Waals surface area contributed by atoms with Gasteiger partial charge in [-0.15, -0.1) is 0 Å². The van der Waals surface area contributed by atoms with E-state index in [4.69, 9.17) is 4.74 Å². The highest BCUT2D eigenvalue weighted by Crippen LogP contribution is 2.31. The average Bonchev–Trinajstić information content (AvgIpc) is 2.72. The van der Waals surface area contributed by atoms with Gasteiger partial charge in [0.25, 0.3) is 0 Å². The largest absolute Gasteiger partial charge is 0.444 e. The zero-order chi connectivity index (χ0) is 22.4. The highest BCUT2D eigenvalue weighted by atomic mass is 16.6. The second kappa shape index (κ2) is 10.0. The van der Waals surface area contributed by atoms with E-state index in [1.807, 2.05) is 39.0 Å². The summed E-state index contributed by atoms with van der Waals surface area (Å²) in [5.74, 6) is 1.36. The molecule has 1 aromatic rings. The molecule has 3 rings (SSSR count). The molecule has 8 heteroatoms. The third-order valence-corrected chi connectivity index (χ3v) is 5.67. The van der Waals surface area contributed by atoms with Gasteiger partial charge in [0.2, 0.25) is 5.91 Å². The van der Waals surface area contributed by atoms with E-state index in [9.17, 15) is 9.59 Å². The Morgan fingerprint density at radius 2 is 1.87 bits per heavy atom. The lowest BCUT2D eigenvalue weighted by Crippen LogP contribution is -2.46. The van der Waals surface area contributed by atoms with Crippen LogP contribution in [0.4, 0.5) is 10.5 Å². The van der Waals surface area contributed by atoms with E-state index in [1.165, 1.54) is 0 Å². The SMILES string of the molecule is CN=C(NCC1CCN(C(=O)OC(C)(C)C)CC1)NCC1CC(=O)Nc2ccccc21. The number of nitrogens with zero attached hydrogens (tertiary/aromatic N) is 2. The average molecular weight is 430 g/mol. The Labute approximate surface area is 184 Å². The van der Waals surface area contributed by atoms with Crippen LogP contribution in [-0.2, 0) is 9.53 Å². The zero-order valence-electron chi connectivity index (χ0n) is 19.0. The quantitative estimate of drug-likeness (QED) is 0.505. The highest BCUT2D eigenvalue weighted by molar-refractivity contribution is 5.94. The number of fused-ring (bicyclic) bond motifs is 1. The second-order valence-electron chi connectivity index (χ2n) is 9.28. The fourth-order valence-corrected chi connectivity index (χ4v) is 4.01. The van der Waals surface area contributed by atoms with Crippen LogP contribution in [-0.4, -0.2) is 61.7 Å². The summed E-state index contributed by atoms with van der Waals surface area (Å²) in [7, 11) is 1.75. The van der Waals surface area contributed by atoms with Crippen molar-refractivity contribution in [3.63, 3.8) is 0 Å². The first-order chi connectivity index (χ1) is 14.7. The number of benzene rings is 1. The first-order valence-electron chi connectivity index (χ1n) is 11.1. The van der Waals surface area contributed by atoms with Gasteiger partial charge in [0.15, 0.2) is 5.96 Å². The van der Waals surface area contributed by atoms with Crippen LogP contribution in [0.2, 0.25) is 0 Å².